The van der Waals surface area contributed by atoms with Crippen molar-refractivity contribution in [3.63, 3.8) is 0 Å². The maximum absolute atomic E-state index is 6.56. The molecule has 0 saturated carbocycles. The number of ether oxygens (including phenoxy) is 1. The molecule has 0 saturated heterocycles. The Labute approximate surface area is 341 Å². The molecule has 0 unspecified atom stereocenters. The quantitative estimate of drug-likeness (QED) is 0.170. The zero-order valence-electron chi connectivity index (χ0n) is 33.4. The van der Waals surface area contributed by atoms with E-state index in [1.165, 1.54) is 27.8 Å². The minimum absolute atomic E-state index is 0.315. The lowest BCUT2D eigenvalue weighted by Crippen LogP contribution is -2.32. The van der Waals surface area contributed by atoms with Gasteiger partial charge in [0.2, 0.25) is 0 Å². The molecule has 0 radical (unpaired) electrons. The fourth-order valence-corrected chi connectivity index (χ4v) is 9.18. The average molecular weight is 752 g/mol. The van der Waals surface area contributed by atoms with Gasteiger partial charge in [0.05, 0.1) is 22.5 Å². The summed E-state index contributed by atoms with van der Waals surface area (Å²) in [7, 11) is 0. The van der Waals surface area contributed by atoms with E-state index in [1.807, 2.05) is 0 Å². The lowest BCUT2D eigenvalue weighted by atomic mass is 9.66. The van der Waals surface area contributed by atoms with Gasteiger partial charge in [-0.3, -0.25) is 4.98 Å². The van der Waals surface area contributed by atoms with E-state index in [0.717, 1.165) is 80.5 Å². The Morgan fingerprint density at radius 3 is 1.83 bits per heavy atom. The number of hydrogen-bond donors (Lipinski definition) is 0. The third kappa shape index (κ3) is 5.86. The molecule has 3 aliphatic rings. The topological polar surface area (TPSA) is 46.8 Å². The molecule has 0 amide bonds. The third-order valence-electron chi connectivity index (χ3n) is 12.0. The summed E-state index contributed by atoms with van der Waals surface area (Å²) in [6.45, 7) is 8.85. The highest BCUT2D eigenvalue weighted by Crippen LogP contribution is 2.62. The normalized spacial score (nSPS) is 17.7. The van der Waals surface area contributed by atoms with E-state index in [4.69, 9.17) is 19.7 Å². The molecule has 4 nitrogen and oxygen atoms in total. The fourth-order valence-electron chi connectivity index (χ4n) is 9.18. The molecule has 0 bridgehead atoms. The monoisotopic (exact) mass is 751 g/mol. The summed E-state index contributed by atoms with van der Waals surface area (Å²) >= 11 is 0. The fraction of sp³-hybridized carbons (Fsp3) is 0.167. The molecular formula is C54H45N3O. The highest BCUT2D eigenvalue weighted by Gasteiger charge is 2.51. The molecular weight excluding hydrogens is 707 g/mol. The van der Waals surface area contributed by atoms with Crippen molar-refractivity contribution < 1.29 is 4.74 Å². The second-order valence-electron chi connectivity index (χ2n) is 16.2. The molecule has 3 heterocycles. The Bertz CT molecular complexity index is 2760. The predicted octanol–water partition coefficient (Wildman–Crippen LogP) is 13.5. The van der Waals surface area contributed by atoms with Gasteiger partial charge < -0.3 is 4.74 Å². The van der Waals surface area contributed by atoms with E-state index >= 15 is 0 Å². The first kappa shape index (κ1) is 35.7. The highest BCUT2D eigenvalue weighted by atomic mass is 16.5. The molecule has 6 aromatic carbocycles. The molecule has 1 aliphatic carbocycles. The van der Waals surface area contributed by atoms with Crippen LogP contribution < -0.4 is 4.74 Å². The molecule has 58 heavy (non-hydrogen) atoms. The van der Waals surface area contributed by atoms with Crippen molar-refractivity contribution >= 4 is 17.2 Å². The molecule has 1 aromatic heterocycles. The first-order chi connectivity index (χ1) is 28.4. The second kappa shape index (κ2) is 14.4. The maximum atomic E-state index is 6.56. The van der Waals surface area contributed by atoms with Crippen LogP contribution >= 0.6 is 0 Å². The highest BCUT2D eigenvalue weighted by molar-refractivity contribution is 6.14. The molecule has 0 atom stereocenters. The van der Waals surface area contributed by atoms with Crippen LogP contribution in [0, 0.1) is 0 Å². The summed E-state index contributed by atoms with van der Waals surface area (Å²) in [6, 6.07) is 56.5. The molecule has 4 heteroatoms. The Hall–Kier alpha value is -6.65. The van der Waals surface area contributed by atoms with E-state index in [9.17, 15) is 0 Å². The molecule has 7 aromatic rings. The van der Waals surface area contributed by atoms with Gasteiger partial charge in [0, 0.05) is 27.9 Å². The summed E-state index contributed by atoms with van der Waals surface area (Å²) in [4.78, 5) is 16.0. The minimum atomic E-state index is -0.524. The van der Waals surface area contributed by atoms with Crippen LogP contribution in [0.15, 0.2) is 174 Å². The summed E-state index contributed by atoms with van der Waals surface area (Å²) in [5, 5.41) is 0. The number of amidine groups is 1. The van der Waals surface area contributed by atoms with Gasteiger partial charge in [-0.2, -0.15) is 0 Å². The van der Waals surface area contributed by atoms with Gasteiger partial charge in [0.25, 0.3) is 0 Å². The molecule has 0 N–H and O–H groups in total. The lowest BCUT2D eigenvalue weighted by molar-refractivity contribution is 0.436. The van der Waals surface area contributed by atoms with Crippen LogP contribution in [0.3, 0.4) is 0 Å². The summed E-state index contributed by atoms with van der Waals surface area (Å²) < 4.78 is 6.56. The van der Waals surface area contributed by atoms with Crippen LogP contribution in [0.1, 0.15) is 103 Å². The van der Waals surface area contributed by atoms with Gasteiger partial charge in [0.1, 0.15) is 11.5 Å². The summed E-state index contributed by atoms with van der Waals surface area (Å²) in [6.07, 6.45) is 3.92. The predicted molar refractivity (Wildman–Crippen MR) is 238 cm³/mol. The van der Waals surface area contributed by atoms with E-state index in [0.29, 0.717) is 17.7 Å². The van der Waals surface area contributed by atoms with Crippen LogP contribution in [0.25, 0.3) is 28.0 Å². The standard InChI is InChI=1S/C54H45N3O/c1-34(2)47-32-30-40(52(55-47)35(3)4)36-25-27-38(28-26-36)49-22-14-21-48(37-15-6-5-7-16-37)56-53(57-49)39-29-31-44-42(33-39)41-17-8-9-18-43(41)54(44)45-19-10-12-23-50(45)58-51-24-13-11-20-46(51)54/h5-13,15-20,22-35H,14,21H2,1-4H3/b49-22-,56-48-,57-53-. The lowest BCUT2D eigenvalue weighted by Gasteiger charge is -2.39. The number of pyridine rings is 1. The SMILES string of the molecule is CC(C)c1ccc(-c2ccc(C3=C/CC/C(c4ccccc4)=N/C(c4ccc5c(c4)-c4ccccc4C54c5ccccc5Oc5ccccc54)=N\3)cc2)c(C(C)C)n1. The number of nitrogens with zero attached hydrogens (tertiary/aromatic N) is 3. The Morgan fingerprint density at radius 1 is 0.500 bits per heavy atom. The van der Waals surface area contributed by atoms with Crippen molar-refractivity contribution in [3.05, 3.63) is 214 Å². The second-order valence-corrected chi connectivity index (χ2v) is 16.2. The van der Waals surface area contributed by atoms with Crippen molar-refractivity contribution in [2.75, 3.05) is 0 Å². The average Bonchev–Trinajstić information content (AvgIpc) is 3.54. The van der Waals surface area contributed by atoms with Gasteiger partial charge in [0.15, 0.2) is 5.84 Å². The maximum Gasteiger partial charge on any atom is 0.160 e. The molecule has 1 spiro atoms. The van der Waals surface area contributed by atoms with Crippen molar-refractivity contribution in [3.8, 4) is 33.8 Å². The van der Waals surface area contributed by atoms with E-state index in [-0.39, 0.29) is 0 Å². The number of rotatable bonds is 6. The van der Waals surface area contributed by atoms with Crippen molar-refractivity contribution in [2.24, 2.45) is 9.98 Å². The largest absolute Gasteiger partial charge is 0.457 e. The number of fused-ring (bicyclic) bond motifs is 9. The third-order valence-corrected chi connectivity index (χ3v) is 12.0. The van der Waals surface area contributed by atoms with E-state index in [2.05, 4.69) is 191 Å². The number of aromatic nitrogens is 1. The molecule has 282 valence electrons. The van der Waals surface area contributed by atoms with Crippen LogP contribution in [0.4, 0.5) is 0 Å². The van der Waals surface area contributed by atoms with Crippen molar-refractivity contribution in [1.82, 2.24) is 4.98 Å². The molecule has 10 rings (SSSR count). The smallest absolute Gasteiger partial charge is 0.160 e. The first-order valence-electron chi connectivity index (χ1n) is 20.5. The molecule has 2 aliphatic heterocycles. The number of aliphatic imine (C=N–C) groups is 2. The number of allylic oxidation sites excluding steroid dienone is 1. The Kier molecular flexibility index (Phi) is 8.86. The van der Waals surface area contributed by atoms with Gasteiger partial charge in [-0.05, 0) is 87.9 Å². The van der Waals surface area contributed by atoms with Crippen molar-refractivity contribution in [2.45, 2.75) is 57.8 Å². The van der Waals surface area contributed by atoms with Gasteiger partial charge >= 0.3 is 0 Å². The van der Waals surface area contributed by atoms with Crippen LogP contribution in [-0.4, -0.2) is 16.5 Å². The minimum Gasteiger partial charge on any atom is -0.457 e. The van der Waals surface area contributed by atoms with Gasteiger partial charge in [-0.1, -0.05) is 167 Å². The van der Waals surface area contributed by atoms with Crippen molar-refractivity contribution in [1.29, 1.82) is 0 Å². The van der Waals surface area contributed by atoms with Crippen LogP contribution in [-0.2, 0) is 5.41 Å². The summed E-state index contributed by atoms with van der Waals surface area (Å²) in [5.41, 5.74) is 16.4. The van der Waals surface area contributed by atoms with E-state index in [1.54, 1.807) is 0 Å². The number of para-hydroxylation sites is 2. The van der Waals surface area contributed by atoms with Crippen LogP contribution in [0.5, 0.6) is 11.5 Å². The summed E-state index contributed by atoms with van der Waals surface area (Å²) in [5.74, 6) is 3.18. The number of hydrogen-bond acceptors (Lipinski definition) is 4. The zero-order valence-corrected chi connectivity index (χ0v) is 33.4. The Morgan fingerprint density at radius 2 is 1.12 bits per heavy atom. The number of benzene rings is 6. The van der Waals surface area contributed by atoms with E-state index < -0.39 is 5.41 Å². The van der Waals surface area contributed by atoms with Gasteiger partial charge in [-0.15, -0.1) is 0 Å². The molecule has 0 fully saturated rings. The van der Waals surface area contributed by atoms with Crippen LogP contribution in [0.2, 0.25) is 0 Å². The zero-order chi connectivity index (χ0) is 39.4. The van der Waals surface area contributed by atoms with Gasteiger partial charge in [-0.25, -0.2) is 9.98 Å². The Balaban J connectivity index is 1.12. The first-order valence-corrected chi connectivity index (χ1v) is 20.5.